The number of fused-ring (bicyclic) bond motifs is 1. The molecule has 1 aromatic heterocycles. The highest BCUT2D eigenvalue weighted by Gasteiger charge is 2.30. The van der Waals surface area contributed by atoms with E-state index in [-0.39, 0.29) is 11.9 Å². The molecule has 1 aromatic rings. The fourth-order valence-electron chi connectivity index (χ4n) is 3.75. The molecule has 0 atom stereocenters. The molecule has 4 rings (SSSR count). The van der Waals surface area contributed by atoms with E-state index in [1.54, 1.807) is 4.90 Å². The van der Waals surface area contributed by atoms with E-state index in [0.717, 1.165) is 43.7 Å². The first-order valence-electron chi connectivity index (χ1n) is 9.65. The van der Waals surface area contributed by atoms with Gasteiger partial charge in [-0.1, -0.05) is 6.42 Å². The smallest absolute Gasteiger partial charge is 0.317 e. The Hall–Kier alpha value is -2.09. The summed E-state index contributed by atoms with van der Waals surface area (Å²) in [6, 6.07) is 1.95. The van der Waals surface area contributed by atoms with E-state index in [9.17, 15) is 9.59 Å². The van der Waals surface area contributed by atoms with Gasteiger partial charge < -0.3 is 19.9 Å². The van der Waals surface area contributed by atoms with Crippen molar-refractivity contribution in [2.24, 2.45) is 5.92 Å². The van der Waals surface area contributed by atoms with E-state index in [2.05, 4.69) is 10.4 Å². The SMILES string of the molecule is O=C(NCc1cc2n(n1)CCCN(C(=O)C1CCC1)C2)N1CCOCC1. The number of urea groups is 1. The van der Waals surface area contributed by atoms with Crippen LogP contribution in [0.3, 0.4) is 0 Å². The predicted molar refractivity (Wildman–Crippen MR) is 94.2 cm³/mol. The maximum absolute atomic E-state index is 12.6. The van der Waals surface area contributed by atoms with Gasteiger partial charge in [0.15, 0.2) is 0 Å². The number of nitrogens with zero attached hydrogens (tertiary/aromatic N) is 4. The highest BCUT2D eigenvalue weighted by atomic mass is 16.5. The number of carbonyl (C=O) groups excluding carboxylic acids is 2. The van der Waals surface area contributed by atoms with Crippen LogP contribution in [-0.2, 0) is 29.2 Å². The molecule has 8 heteroatoms. The van der Waals surface area contributed by atoms with Gasteiger partial charge in [-0.15, -0.1) is 0 Å². The Balaban J connectivity index is 1.35. The Morgan fingerprint density at radius 1 is 1.12 bits per heavy atom. The highest BCUT2D eigenvalue weighted by molar-refractivity contribution is 5.79. The number of aromatic nitrogens is 2. The summed E-state index contributed by atoms with van der Waals surface area (Å²) in [7, 11) is 0. The van der Waals surface area contributed by atoms with Crippen molar-refractivity contribution in [1.82, 2.24) is 24.9 Å². The second kappa shape index (κ2) is 7.65. The van der Waals surface area contributed by atoms with Crippen molar-refractivity contribution in [3.63, 3.8) is 0 Å². The van der Waals surface area contributed by atoms with Crippen LogP contribution < -0.4 is 5.32 Å². The highest BCUT2D eigenvalue weighted by Crippen LogP contribution is 2.29. The molecule has 0 bridgehead atoms. The summed E-state index contributed by atoms with van der Waals surface area (Å²) < 4.78 is 7.26. The van der Waals surface area contributed by atoms with Gasteiger partial charge in [-0.3, -0.25) is 9.48 Å². The summed E-state index contributed by atoms with van der Waals surface area (Å²) in [5.74, 6) is 0.532. The van der Waals surface area contributed by atoms with Crippen molar-refractivity contribution in [2.45, 2.75) is 45.3 Å². The summed E-state index contributed by atoms with van der Waals surface area (Å²) in [6.45, 7) is 5.11. The number of morpholine rings is 1. The zero-order valence-electron chi connectivity index (χ0n) is 15.2. The van der Waals surface area contributed by atoms with Gasteiger partial charge in [0, 0.05) is 32.1 Å². The topological polar surface area (TPSA) is 79.7 Å². The Morgan fingerprint density at radius 3 is 2.65 bits per heavy atom. The first-order valence-corrected chi connectivity index (χ1v) is 9.65. The normalized spacial score (nSPS) is 20.9. The number of nitrogens with one attached hydrogen (secondary N) is 1. The van der Waals surface area contributed by atoms with Crippen molar-refractivity contribution in [1.29, 1.82) is 0 Å². The Bertz CT molecular complexity index is 664. The average molecular weight is 361 g/mol. The summed E-state index contributed by atoms with van der Waals surface area (Å²) >= 11 is 0. The van der Waals surface area contributed by atoms with Gasteiger partial charge >= 0.3 is 6.03 Å². The van der Waals surface area contributed by atoms with Gasteiger partial charge in [0.05, 0.1) is 37.7 Å². The molecular weight excluding hydrogens is 334 g/mol. The first kappa shape index (κ1) is 17.3. The van der Waals surface area contributed by atoms with Crippen LogP contribution in [0.4, 0.5) is 4.79 Å². The van der Waals surface area contributed by atoms with Crippen LogP contribution in [0.5, 0.6) is 0 Å². The lowest BCUT2D eigenvalue weighted by molar-refractivity contribution is -0.138. The molecule has 0 radical (unpaired) electrons. The molecule has 26 heavy (non-hydrogen) atoms. The fraction of sp³-hybridized carbons (Fsp3) is 0.722. The summed E-state index contributed by atoms with van der Waals surface area (Å²) in [5, 5.41) is 7.56. The minimum Gasteiger partial charge on any atom is -0.378 e. The maximum atomic E-state index is 12.6. The third-order valence-corrected chi connectivity index (χ3v) is 5.55. The summed E-state index contributed by atoms with van der Waals surface area (Å²) in [4.78, 5) is 28.5. The van der Waals surface area contributed by atoms with Crippen molar-refractivity contribution >= 4 is 11.9 Å². The van der Waals surface area contributed by atoms with Crippen LogP contribution in [0.2, 0.25) is 0 Å². The molecule has 2 fully saturated rings. The van der Waals surface area contributed by atoms with Crippen LogP contribution in [-0.4, -0.2) is 64.4 Å². The number of amides is 3. The second-order valence-corrected chi connectivity index (χ2v) is 7.35. The van der Waals surface area contributed by atoms with Gasteiger partial charge in [0.1, 0.15) is 0 Å². The third kappa shape index (κ3) is 3.70. The third-order valence-electron chi connectivity index (χ3n) is 5.55. The molecule has 1 N–H and O–H groups in total. The van der Waals surface area contributed by atoms with E-state index >= 15 is 0 Å². The predicted octanol–water partition coefficient (Wildman–Crippen LogP) is 0.957. The number of carbonyl (C=O) groups is 2. The minimum atomic E-state index is -0.0710. The van der Waals surface area contributed by atoms with Crippen molar-refractivity contribution in [3.05, 3.63) is 17.5 Å². The van der Waals surface area contributed by atoms with Gasteiger partial charge in [-0.25, -0.2) is 4.79 Å². The number of rotatable bonds is 3. The second-order valence-electron chi connectivity index (χ2n) is 7.35. The maximum Gasteiger partial charge on any atom is 0.317 e. The minimum absolute atomic E-state index is 0.0710. The first-order chi connectivity index (χ1) is 12.7. The molecule has 3 heterocycles. The zero-order valence-corrected chi connectivity index (χ0v) is 15.2. The number of ether oxygens (including phenoxy) is 1. The van der Waals surface area contributed by atoms with Gasteiger partial charge in [0.2, 0.25) is 5.91 Å². The van der Waals surface area contributed by atoms with Crippen LogP contribution in [0.1, 0.15) is 37.1 Å². The molecular formula is C18H27N5O3. The quantitative estimate of drug-likeness (QED) is 0.870. The molecule has 1 saturated heterocycles. The number of aryl methyl sites for hydroxylation is 1. The lowest BCUT2D eigenvalue weighted by Gasteiger charge is -2.30. The molecule has 3 amide bonds. The molecule has 0 unspecified atom stereocenters. The van der Waals surface area contributed by atoms with E-state index < -0.39 is 0 Å². The molecule has 1 saturated carbocycles. The van der Waals surface area contributed by atoms with Crippen LogP contribution in [0.15, 0.2) is 6.07 Å². The zero-order chi connectivity index (χ0) is 17.9. The standard InChI is InChI=1S/C18H27N5O3/c24-17(14-3-1-4-14)22-5-2-6-23-16(13-22)11-15(20-23)12-19-18(25)21-7-9-26-10-8-21/h11,14H,1-10,12-13H2,(H,19,25). The van der Waals surface area contributed by atoms with Gasteiger partial charge in [-0.2, -0.15) is 5.10 Å². The molecule has 1 aliphatic carbocycles. The van der Waals surface area contributed by atoms with Crippen molar-refractivity contribution in [3.8, 4) is 0 Å². The fourth-order valence-corrected chi connectivity index (χ4v) is 3.75. The van der Waals surface area contributed by atoms with Crippen LogP contribution >= 0.6 is 0 Å². The molecule has 8 nitrogen and oxygen atoms in total. The lowest BCUT2D eigenvalue weighted by Crippen LogP contribution is -2.45. The lowest BCUT2D eigenvalue weighted by atomic mass is 9.84. The molecule has 0 aromatic carbocycles. The van der Waals surface area contributed by atoms with E-state index in [4.69, 9.17) is 4.74 Å². The number of hydrogen-bond donors (Lipinski definition) is 1. The summed E-state index contributed by atoms with van der Waals surface area (Å²) in [5.41, 5.74) is 1.91. The molecule has 3 aliphatic rings. The van der Waals surface area contributed by atoms with Gasteiger partial charge in [-0.05, 0) is 25.3 Å². The Morgan fingerprint density at radius 2 is 1.92 bits per heavy atom. The van der Waals surface area contributed by atoms with Crippen molar-refractivity contribution in [2.75, 3.05) is 32.8 Å². The molecule has 2 aliphatic heterocycles. The van der Waals surface area contributed by atoms with E-state index in [1.807, 2.05) is 15.6 Å². The monoisotopic (exact) mass is 361 g/mol. The van der Waals surface area contributed by atoms with Crippen molar-refractivity contribution < 1.29 is 14.3 Å². The largest absolute Gasteiger partial charge is 0.378 e. The summed E-state index contributed by atoms with van der Waals surface area (Å²) in [6.07, 6.45) is 4.17. The van der Waals surface area contributed by atoms with Gasteiger partial charge in [0.25, 0.3) is 0 Å². The number of hydrogen-bond acceptors (Lipinski definition) is 4. The van der Waals surface area contributed by atoms with E-state index in [1.165, 1.54) is 6.42 Å². The molecule has 142 valence electrons. The average Bonchev–Trinajstić information content (AvgIpc) is 2.89. The van der Waals surface area contributed by atoms with Crippen LogP contribution in [0.25, 0.3) is 0 Å². The van der Waals surface area contributed by atoms with E-state index in [0.29, 0.717) is 45.3 Å². The Labute approximate surface area is 153 Å². The Kier molecular flexibility index (Phi) is 5.10. The molecule has 0 spiro atoms. The van der Waals surface area contributed by atoms with Crippen LogP contribution in [0, 0.1) is 5.92 Å².